The Labute approximate surface area is 126 Å². The fraction of sp³-hybridized carbons (Fsp3) is 1.00. The highest BCUT2D eigenvalue weighted by Gasteiger charge is 2.32. The Morgan fingerprint density at radius 3 is 1.70 bits per heavy atom. The van der Waals surface area contributed by atoms with Crippen LogP contribution in [0.2, 0.25) is 0 Å². The van der Waals surface area contributed by atoms with E-state index in [1.807, 2.05) is 0 Å². The quantitative estimate of drug-likeness (QED) is 0.653. The van der Waals surface area contributed by atoms with Crippen molar-refractivity contribution in [3.63, 3.8) is 0 Å². The fourth-order valence-corrected chi connectivity index (χ4v) is 7.30. The first-order valence-electron chi connectivity index (χ1n) is 9.07. The summed E-state index contributed by atoms with van der Waals surface area (Å²) in [4.78, 5) is 2.54. The second-order valence-electron chi connectivity index (χ2n) is 7.03. The largest absolute Gasteiger partial charge is 0.343 e. The molecular weight excluding hydrogens is 265 g/mol. The first-order chi connectivity index (χ1) is 9.93. The van der Waals surface area contributed by atoms with Crippen LogP contribution < -0.4 is 0 Å². The normalized spacial score (nSPS) is 27.4. The topological polar surface area (TPSA) is 12.5 Å². The zero-order valence-corrected chi connectivity index (χ0v) is 14.0. The predicted octanol–water partition coefficient (Wildman–Crippen LogP) is 5.12. The maximum atomic E-state index is 6.60. The average Bonchev–Trinajstić information content (AvgIpc) is 3.03. The van der Waals surface area contributed by atoms with E-state index in [1.165, 1.54) is 90.1 Å². The van der Waals surface area contributed by atoms with Crippen LogP contribution in [0.5, 0.6) is 0 Å². The van der Waals surface area contributed by atoms with E-state index < -0.39 is 0 Å². The van der Waals surface area contributed by atoms with E-state index in [4.69, 9.17) is 4.52 Å². The van der Waals surface area contributed by atoms with Crippen molar-refractivity contribution in [3.8, 4) is 0 Å². The molecule has 0 radical (unpaired) electrons. The van der Waals surface area contributed by atoms with Gasteiger partial charge in [-0.1, -0.05) is 38.5 Å². The minimum absolute atomic E-state index is 0.155. The predicted molar refractivity (Wildman–Crippen MR) is 87.4 cm³/mol. The molecule has 0 aromatic rings. The maximum Gasteiger partial charge on any atom is 0.103 e. The summed E-state index contributed by atoms with van der Waals surface area (Å²) in [6.45, 7) is 3.50. The lowest BCUT2D eigenvalue weighted by Crippen LogP contribution is -2.27. The lowest BCUT2D eigenvalue weighted by molar-refractivity contribution is 0.160. The number of rotatable bonds is 5. The highest BCUT2D eigenvalue weighted by atomic mass is 31.1. The van der Waals surface area contributed by atoms with E-state index in [2.05, 4.69) is 4.90 Å². The summed E-state index contributed by atoms with van der Waals surface area (Å²) in [6.07, 6.45) is 17.4. The summed E-state index contributed by atoms with van der Waals surface area (Å²) in [6, 6.07) is 0. The second kappa shape index (κ2) is 8.11. The lowest BCUT2D eigenvalue weighted by atomic mass is 10.00. The summed E-state index contributed by atoms with van der Waals surface area (Å²) in [5.41, 5.74) is 1.87. The van der Waals surface area contributed by atoms with Crippen molar-refractivity contribution in [2.24, 2.45) is 0 Å². The SMILES string of the molecule is C1CCC(P(OCN2CCCC2)C2CCCCC2)CC1. The van der Waals surface area contributed by atoms with Crippen molar-refractivity contribution in [1.82, 2.24) is 4.90 Å². The number of hydrogen-bond acceptors (Lipinski definition) is 2. The van der Waals surface area contributed by atoms with Crippen LogP contribution >= 0.6 is 8.15 Å². The van der Waals surface area contributed by atoms with Gasteiger partial charge in [0.2, 0.25) is 0 Å². The van der Waals surface area contributed by atoms with Crippen LogP contribution in [0.1, 0.15) is 77.0 Å². The molecule has 2 saturated carbocycles. The molecule has 3 fully saturated rings. The molecule has 1 heterocycles. The third-order valence-electron chi connectivity index (χ3n) is 5.46. The zero-order valence-electron chi connectivity index (χ0n) is 13.1. The summed E-state index contributed by atoms with van der Waals surface area (Å²) in [5, 5.41) is 0. The molecule has 116 valence electrons. The molecule has 0 spiro atoms. The van der Waals surface area contributed by atoms with Crippen LogP contribution in [-0.4, -0.2) is 36.0 Å². The third kappa shape index (κ3) is 4.18. The van der Waals surface area contributed by atoms with Gasteiger partial charge in [0, 0.05) is 32.6 Å². The number of hydrogen-bond donors (Lipinski definition) is 0. The van der Waals surface area contributed by atoms with Gasteiger partial charge >= 0.3 is 0 Å². The maximum absolute atomic E-state index is 6.60. The standard InChI is InChI=1S/C17H32NOP/c1-3-9-16(10-4-1)20(17-11-5-2-6-12-17)19-15-18-13-7-8-14-18/h16-17H,1-15H2. The van der Waals surface area contributed by atoms with Gasteiger partial charge in [0.25, 0.3) is 0 Å². The molecule has 3 rings (SSSR count). The Hall–Kier alpha value is 0.350. The van der Waals surface area contributed by atoms with Gasteiger partial charge in [-0.25, -0.2) is 0 Å². The van der Waals surface area contributed by atoms with Crippen LogP contribution in [0.3, 0.4) is 0 Å². The van der Waals surface area contributed by atoms with E-state index in [-0.39, 0.29) is 8.15 Å². The van der Waals surface area contributed by atoms with Crippen molar-refractivity contribution in [3.05, 3.63) is 0 Å². The molecule has 1 aliphatic heterocycles. The molecular formula is C17H32NOP. The Morgan fingerprint density at radius 2 is 1.20 bits per heavy atom. The van der Waals surface area contributed by atoms with Gasteiger partial charge in [0.05, 0.1) is 0 Å². The molecule has 1 saturated heterocycles. The highest BCUT2D eigenvalue weighted by Crippen LogP contribution is 2.56. The van der Waals surface area contributed by atoms with E-state index in [0.717, 1.165) is 18.0 Å². The molecule has 0 N–H and O–H groups in total. The van der Waals surface area contributed by atoms with Crippen molar-refractivity contribution >= 4 is 8.15 Å². The molecule has 0 amide bonds. The van der Waals surface area contributed by atoms with Crippen molar-refractivity contribution in [2.75, 3.05) is 19.8 Å². The molecule has 0 aromatic carbocycles. The van der Waals surface area contributed by atoms with Crippen LogP contribution in [0.15, 0.2) is 0 Å². The van der Waals surface area contributed by atoms with Gasteiger partial charge in [-0.2, -0.15) is 0 Å². The van der Waals surface area contributed by atoms with E-state index in [9.17, 15) is 0 Å². The van der Waals surface area contributed by atoms with Crippen molar-refractivity contribution in [1.29, 1.82) is 0 Å². The Kier molecular flexibility index (Phi) is 6.18. The minimum Gasteiger partial charge on any atom is -0.343 e. The number of nitrogens with zero attached hydrogens (tertiary/aromatic N) is 1. The Morgan fingerprint density at radius 1 is 0.700 bits per heavy atom. The lowest BCUT2D eigenvalue weighted by Gasteiger charge is -2.38. The van der Waals surface area contributed by atoms with Crippen LogP contribution in [-0.2, 0) is 4.52 Å². The Balaban J connectivity index is 1.55. The van der Waals surface area contributed by atoms with Gasteiger partial charge < -0.3 is 4.52 Å². The summed E-state index contributed by atoms with van der Waals surface area (Å²) in [5.74, 6) is 0. The summed E-state index contributed by atoms with van der Waals surface area (Å²) in [7, 11) is -0.155. The molecule has 2 nitrogen and oxygen atoms in total. The molecule has 0 bridgehead atoms. The van der Waals surface area contributed by atoms with Gasteiger partial charge in [0.1, 0.15) is 6.73 Å². The van der Waals surface area contributed by atoms with E-state index in [0.29, 0.717) is 0 Å². The Bertz CT molecular complexity index is 250. The van der Waals surface area contributed by atoms with E-state index >= 15 is 0 Å². The molecule has 0 atom stereocenters. The molecule has 3 aliphatic rings. The second-order valence-corrected chi connectivity index (χ2v) is 9.47. The summed E-state index contributed by atoms with van der Waals surface area (Å²) >= 11 is 0. The zero-order chi connectivity index (χ0) is 13.6. The smallest absolute Gasteiger partial charge is 0.103 e. The monoisotopic (exact) mass is 297 g/mol. The van der Waals surface area contributed by atoms with Crippen molar-refractivity contribution < 1.29 is 4.52 Å². The average molecular weight is 297 g/mol. The first-order valence-corrected chi connectivity index (χ1v) is 10.5. The van der Waals surface area contributed by atoms with Crippen LogP contribution in [0.25, 0.3) is 0 Å². The van der Waals surface area contributed by atoms with Gasteiger partial charge in [0.15, 0.2) is 0 Å². The fourth-order valence-electron chi connectivity index (χ4n) is 4.24. The van der Waals surface area contributed by atoms with Gasteiger partial charge in [-0.3, -0.25) is 4.90 Å². The minimum atomic E-state index is -0.155. The first kappa shape index (κ1) is 15.3. The molecule has 2 aliphatic carbocycles. The third-order valence-corrected chi connectivity index (χ3v) is 8.34. The van der Waals surface area contributed by atoms with Gasteiger partial charge in [-0.05, 0) is 38.5 Å². The van der Waals surface area contributed by atoms with Gasteiger partial charge in [-0.15, -0.1) is 0 Å². The summed E-state index contributed by atoms with van der Waals surface area (Å²) < 4.78 is 6.60. The molecule has 20 heavy (non-hydrogen) atoms. The van der Waals surface area contributed by atoms with Crippen LogP contribution in [0.4, 0.5) is 0 Å². The number of likely N-dealkylation sites (tertiary alicyclic amines) is 1. The van der Waals surface area contributed by atoms with Crippen LogP contribution in [0, 0.1) is 0 Å². The van der Waals surface area contributed by atoms with E-state index in [1.54, 1.807) is 0 Å². The van der Waals surface area contributed by atoms with Crippen molar-refractivity contribution in [2.45, 2.75) is 88.4 Å². The highest BCUT2D eigenvalue weighted by molar-refractivity contribution is 7.54. The molecule has 0 unspecified atom stereocenters. The molecule has 3 heteroatoms. The molecule has 0 aromatic heterocycles.